The number of carbonyl (C=O) groups is 1. The van der Waals surface area contributed by atoms with E-state index >= 15 is 0 Å². The molecule has 0 unspecified atom stereocenters. The number of amides is 1. The van der Waals surface area contributed by atoms with Gasteiger partial charge in [0, 0.05) is 13.1 Å². The van der Waals surface area contributed by atoms with Gasteiger partial charge in [0.05, 0.1) is 31.1 Å². The maximum absolute atomic E-state index is 14.2. The second kappa shape index (κ2) is 5.05. The van der Waals surface area contributed by atoms with Crippen molar-refractivity contribution in [3.05, 3.63) is 24.0 Å². The first-order chi connectivity index (χ1) is 9.25. The number of rotatable bonds is 2. The molecule has 0 aromatic heterocycles. The van der Waals surface area contributed by atoms with Crippen molar-refractivity contribution in [1.82, 2.24) is 0 Å². The summed E-state index contributed by atoms with van der Waals surface area (Å²) in [5.74, 6) is -0.320. The maximum atomic E-state index is 14.2. The van der Waals surface area contributed by atoms with Gasteiger partial charge < -0.3 is 14.4 Å². The number of halogens is 1. The number of benzene rings is 1. The average molecular weight is 266 g/mol. The van der Waals surface area contributed by atoms with Crippen LogP contribution in [0.2, 0.25) is 0 Å². The third-order valence-electron chi connectivity index (χ3n) is 3.36. The summed E-state index contributed by atoms with van der Waals surface area (Å²) in [6.45, 7) is 3.41. The van der Waals surface area contributed by atoms with E-state index < -0.39 is 6.09 Å². The van der Waals surface area contributed by atoms with E-state index in [4.69, 9.17) is 9.47 Å². The van der Waals surface area contributed by atoms with Crippen LogP contribution < -0.4 is 9.80 Å². The third kappa shape index (κ3) is 2.35. The molecule has 1 aromatic carbocycles. The lowest BCUT2D eigenvalue weighted by atomic mass is 10.2. The second-order valence-electron chi connectivity index (χ2n) is 4.50. The van der Waals surface area contributed by atoms with Crippen molar-refractivity contribution in [2.45, 2.75) is 0 Å². The average Bonchev–Trinajstić information content (AvgIpc) is 2.86. The Kier molecular flexibility index (Phi) is 3.25. The van der Waals surface area contributed by atoms with Crippen LogP contribution in [0.15, 0.2) is 18.2 Å². The molecule has 0 spiro atoms. The summed E-state index contributed by atoms with van der Waals surface area (Å²) in [5, 5.41) is 0. The standard InChI is InChI=1S/C13H15FN2O3/c14-11-9-10(16-5-8-19-13(16)17)1-2-12(11)15-3-6-18-7-4-15/h1-2,9H,3-8H2. The van der Waals surface area contributed by atoms with Crippen molar-refractivity contribution in [1.29, 1.82) is 0 Å². The minimum Gasteiger partial charge on any atom is -0.447 e. The van der Waals surface area contributed by atoms with E-state index in [2.05, 4.69) is 0 Å². The van der Waals surface area contributed by atoms with Gasteiger partial charge in [0.25, 0.3) is 0 Å². The van der Waals surface area contributed by atoms with E-state index in [0.29, 0.717) is 50.8 Å². The summed E-state index contributed by atoms with van der Waals surface area (Å²) in [6.07, 6.45) is -0.418. The largest absolute Gasteiger partial charge is 0.447 e. The van der Waals surface area contributed by atoms with Gasteiger partial charge in [-0.2, -0.15) is 0 Å². The molecule has 0 saturated carbocycles. The summed E-state index contributed by atoms with van der Waals surface area (Å²) >= 11 is 0. The summed E-state index contributed by atoms with van der Waals surface area (Å²) in [6, 6.07) is 4.85. The third-order valence-corrected chi connectivity index (χ3v) is 3.36. The molecule has 2 fully saturated rings. The molecule has 2 aliphatic rings. The van der Waals surface area contributed by atoms with Gasteiger partial charge in [0.15, 0.2) is 0 Å². The molecule has 6 heteroatoms. The minimum atomic E-state index is -0.418. The van der Waals surface area contributed by atoms with Crippen LogP contribution in [-0.2, 0) is 9.47 Å². The van der Waals surface area contributed by atoms with Gasteiger partial charge in [-0.1, -0.05) is 0 Å². The number of nitrogens with zero attached hydrogens (tertiary/aromatic N) is 2. The zero-order valence-electron chi connectivity index (χ0n) is 10.5. The maximum Gasteiger partial charge on any atom is 0.414 e. The second-order valence-corrected chi connectivity index (χ2v) is 4.50. The highest BCUT2D eigenvalue weighted by atomic mass is 19.1. The molecule has 1 aromatic rings. The van der Waals surface area contributed by atoms with E-state index in [1.807, 2.05) is 4.90 Å². The van der Waals surface area contributed by atoms with Crippen molar-refractivity contribution in [3.63, 3.8) is 0 Å². The highest BCUT2D eigenvalue weighted by molar-refractivity contribution is 5.89. The van der Waals surface area contributed by atoms with Crippen LogP contribution in [0, 0.1) is 5.82 Å². The lowest BCUT2D eigenvalue weighted by molar-refractivity contribution is 0.122. The minimum absolute atomic E-state index is 0.320. The Labute approximate surface area is 110 Å². The van der Waals surface area contributed by atoms with Crippen LogP contribution in [0.25, 0.3) is 0 Å². The van der Waals surface area contributed by atoms with Crippen molar-refractivity contribution in [3.8, 4) is 0 Å². The van der Waals surface area contributed by atoms with Gasteiger partial charge in [0.2, 0.25) is 0 Å². The topological polar surface area (TPSA) is 42.0 Å². The number of cyclic esters (lactones) is 1. The van der Waals surface area contributed by atoms with Crippen molar-refractivity contribution in [2.24, 2.45) is 0 Å². The fourth-order valence-corrected chi connectivity index (χ4v) is 2.35. The molecule has 0 N–H and O–H groups in total. The lowest BCUT2D eigenvalue weighted by Gasteiger charge is -2.29. The van der Waals surface area contributed by atoms with E-state index in [-0.39, 0.29) is 5.82 Å². The monoisotopic (exact) mass is 266 g/mol. The van der Waals surface area contributed by atoms with Crippen LogP contribution in [-0.4, -0.2) is 45.5 Å². The Bertz CT molecular complexity index is 489. The number of carbonyl (C=O) groups excluding carboxylic acids is 1. The smallest absolute Gasteiger partial charge is 0.414 e. The van der Waals surface area contributed by atoms with Crippen LogP contribution in [0.5, 0.6) is 0 Å². The molecule has 102 valence electrons. The van der Waals surface area contributed by atoms with Crippen LogP contribution in [0.1, 0.15) is 0 Å². The van der Waals surface area contributed by atoms with Gasteiger partial charge in [-0.15, -0.1) is 0 Å². The van der Waals surface area contributed by atoms with Crippen LogP contribution >= 0.6 is 0 Å². The van der Waals surface area contributed by atoms with Gasteiger partial charge in [-0.3, -0.25) is 4.90 Å². The molecular formula is C13H15FN2O3. The van der Waals surface area contributed by atoms with Gasteiger partial charge in [0.1, 0.15) is 12.4 Å². The number of hydrogen-bond acceptors (Lipinski definition) is 4. The number of ether oxygens (including phenoxy) is 2. The molecule has 0 atom stereocenters. The fraction of sp³-hybridized carbons (Fsp3) is 0.462. The van der Waals surface area contributed by atoms with Crippen LogP contribution in [0.3, 0.4) is 0 Å². The molecule has 1 amide bonds. The first-order valence-electron chi connectivity index (χ1n) is 6.32. The fourth-order valence-electron chi connectivity index (χ4n) is 2.35. The zero-order valence-corrected chi connectivity index (χ0v) is 10.5. The van der Waals surface area contributed by atoms with Gasteiger partial charge in [-0.25, -0.2) is 9.18 Å². The van der Waals surface area contributed by atoms with Crippen molar-refractivity contribution >= 4 is 17.5 Å². The Morgan fingerprint density at radius 3 is 2.53 bits per heavy atom. The Morgan fingerprint density at radius 2 is 1.89 bits per heavy atom. The molecule has 2 saturated heterocycles. The molecule has 3 rings (SSSR count). The molecule has 0 aliphatic carbocycles. The predicted octanol–water partition coefficient (Wildman–Crippen LogP) is 1.62. The summed E-state index contributed by atoms with van der Waals surface area (Å²) < 4.78 is 24.2. The van der Waals surface area contributed by atoms with Crippen molar-refractivity contribution in [2.75, 3.05) is 49.3 Å². The van der Waals surface area contributed by atoms with E-state index in [1.165, 1.54) is 11.0 Å². The van der Waals surface area contributed by atoms with E-state index in [1.54, 1.807) is 12.1 Å². The number of anilines is 2. The highest BCUT2D eigenvalue weighted by Crippen LogP contribution is 2.27. The van der Waals surface area contributed by atoms with Gasteiger partial charge in [-0.05, 0) is 18.2 Å². The Balaban J connectivity index is 1.82. The van der Waals surface area contributed by atoms with E-state index in [0.717, 1.165) is 0 Å². The van der Waals surface area contributed by atoms with Crippen LogP contribution in [0.4, 0.5) is 20.6 Å². The lowest BCUT2D eigenvalue weighted by Crippen LogP contribution is -2.36. The molecule has 0 bridgehead atoms. The number of hydrogen-bond donors (Lipinski definition) is 0. The quantitative estimate of drug-likeness (QED) is 0.815. The molecule has 19 heavy (non-hydrogen) atoms. The first kappa shape index (κ1) is 12.2. The first-order valence-corrected chi connectivity index (χ1v) is 6.32. The molecule has 2 aliphatic heterocycles. The summed E-state index contributed by atoms with van der Waals surface area (Å²) in [4.78, 5) is 14.8. The Hall–Kier alpha value is -1.82. The molecule has 5 nitrogen and oxygen atoms in total. The SMILES string of the molecule is O=C1OCCN1c1ccc(N2CCOCC2)c(F)c1. The van der Waals surface area contributed by atoms with Crippen molar-refractivity contribution < 1.29 is 18.7 Å². The highest BCUT2D eigenvalue weighted by Gasteiger charge is 2.25. The summed E-state index contributed by atoms with van der Waals surface area (Å²) in [7, 11) is 0. The van der Waals surface area contributed by atoms with Gasteiger partial charge >= 0.3 is 6.09 Å². The molecule has 0 radical (unpaired) electrons. The molecular weight excluding hydrogens is 251 g/mol. The van der Waals surface area contributed by atoms with E-state index in [9.17, 15) is 9.18 Å². The predicted molar refractivity (Wildman–Crippen MR) is 68.1 cm³/mol. The normalized spacial score (nSPS) is 19.7. The molecule has 2 heterocycles. The number of morpholine rings is 1. The summed E-state index contributed by atoms with van der Waals surface area (Å²) in [5.41, 5.74) is 1.09. The zero-order chi connectivity index (χ0) is 13.2. The Morgan fingerprint density at radius 1 is 1.11 bits per heavy atom.